The van der Waals surface area contributed by atoms with Crippen molar-refractivity contribution in [2.24, 2.45) is 0 Å². The molecular weight excluding hydrogens is 374 g/mol. The molecule has 0 spiro atoms. The number of amides is 1. The zero-order valence-electron chi connectivity index (χ0n) is 16.6. The predicted molar refractivity (Wildman–Crippen MR) is 113 cm³/mol. The van der Waals surface area contributed by atoms with Gasteiger partial charge in [-0.2, -0.15) is 0 Å². The maximum absolute atomic E-state index is 12.3. The molecule has 1 aliphatic heterocycles. The van der Waals surface area contributed by atoms with Crippen LogP contribution in [0.25, 0.3) is 0 Å². The summed E-state index contributed by atoms with van der Waals surface area (Å²) in [6.07, 6.45) is 1.17. The molecule has 7 heteroatoms. The molecule has 28 heavy (non-hydrogen) atoms. The number of benzene rings is 2. The van der Waals surface area contributed by atoms with Crippen molar-refractivity contribution in [1.29, 1.82) is 0 Å². The molecule has 1 fully saturated rings. The van der Waals surface area contributed by atoms with Crippen molar-refractivity contribution in [3.05, 3.63) is 53.6 Å². The fraction of sp³-hybridized carbons (Fsp3) is 0.381. The van der Waals surface area contributed by atoms with E-state index in [2.05, 4.69) is 47.2 Å². The number of hydrogen-bond donors (Lipinski definition) is 1. The van der Waals surface area contributed by atoms with E-state index in [4.69, 9.17) is 0 Å². The van der Waals surface area contributed by atoms with Gasteiger partial charge in [0.15, 0.2) is 9.84 Å². The maximum Gasteiger partial charge on any atom is 0.238 e. The monoisotopic (exact) mass is 401 g/mol. The molecular formula is C21H27N3O3S. The fourth-order valence-corrected chi connectivity index (χ4v) is 4.04. The Balaban J connectivity index is 1.52. The van der Waals surface area contributed by atoms with E-state index in [1.165, 1.54) is 35.2 Å². The van der Waals surface area contributed by atoms with Gasteiger partial charge in [-0.3, -0.25) is 9.69 Å². The molecule has 1 N–H and O–H groups in total. The van der Waals surface area contributed by atoms with Crippen LogP contribution < -0.4 is 10.2 Å². The molecule has 150 valence electrons. The van der Waals surface area contributed by atoms with E-state index in [-0.39, 0.29) is 10.8 Å². The Labute approximate surface area is 167 Å². The van der Waals surface area contributed by atoms with Crippen LogP contribution >= 0.6 is 0 Å². The third-order valence-corrected chi connectivity index (χ3v) is 6.35. The van der Waals surface area contributed by atoms with Crippen molar-refractivity contribution in [2.45, 2.75) is 18.7 Å². The third kappa shape index (κ3) is 4.91. The molecule has 1 saturated heterocycles. The molecule has 1 aliphatic rings. The van der Waals surface area contributed by atoms with E-state index in [0.29, 0.717) is 12.2 Å². The lowest BCUT2D eigenvalue weighted by molar-refractivity contribution is -0.117. The largest absolute Gasteiger partial charge is 0.369 e. The summed E-state index contributed by atoms with van der Waals surface area (Å²) >= 11 is 0. The standard InChI is InChI=1S/C21H27N3O3S/c1-16-5-4-6-20(17(16)2)24-13-11-23(12-14-24)15-21(25)22-18-7-9-19(10-8-18)28(3,26)27/h4-10H,11-15H2,1-3H3,(H,22,25). The van der Waals surface area contributed by atoms with Crippen LogP contribution in [0.15, 0.2) is 47.4 Å². The summed E-state index contributed by atoms with van der Waals surface area (Å²) in [6.45, 7) is 8.04. The summed E-state index contributed by atoms with van der Waals surface area (Å²) < 4.78 is 23.0. The van der Waals surface area contributed by atoms with Gasteiger partial charge >= 0.3 is 0 Å². The number of nitrogens with zero attached hydrogens (tertiary/aromatic N) is 2. The molecule has 0 aliphatic carbocycles. The predicted octanol–water partition coefficient (Wildman–Crippen LogP) is 2.47. The highest BCUT2D eigenvalue weighted by Gasteiger charge is 2.20. The molecule has 0 bridgehead atoms. The van der Waals surface area contributed by atoms with Gasteiger partial charge in [-0.1, -0.05) is 12.1 Å². The first kappa shape index (κ1) is 20.4. The quantitative estimate of drug-likeness (QED) is 0.834. The van der Waals surface area contributed by atoms with Crippen LogP contribution in [0.3, 0.4) is 0 Å². The minimum atomic E-state index is -3.23. The average molecular weight is 402 g/mol. The summed E-state index contributed by atoms with van der Waals surface area (Å²) in [5.74, 6) is -0.0905. The van der Waals surface area contributed by atoms with E-state index in [1.54, 1.807) is 12.1 Å². The van der Waals surface area contributed by atoms with Crippen LogP contribution in [0.2, 0.25) is 0 Å². The van der Waals surface area contributed by atoms with Crippen molar-refractivity contribution in [1.82, 2.24) is 4.90 Å². The summed E-state index contributed by atoms with van der Waals surface area (Å²) in [5, 5.41) is 2.84. The number of carbonyl (C=O) groups excluding carboxylic acids is 1. The Morgan fingerprint density at radius 2 is 1.64 bits per heavy atom. The molecule has 2 aromatic rings. The molecule has 0 saturated carbocycles. The van der Waals surface area contributed by atoms with Gasteiger partial charge in [0.1, 0.15) is 0 Å². The molecule has 0 radical (unpaired) electrons. The van der Waals surface area contributed by atoms with Crippen molar-refractivity contribution in [3.8, 4) is 0 Å². The topological polar surface area (TPSA) is 69.7 Å². The van der Waals surface area contributed by atoms with E-state index in [0.717, 1.165) is 26.2 Å². The van der Waals surface area contributed by atoms with Crippen LogP contribution in [-0.2, 0) is 14.6 Å². The summed E-state index contributed by atoms with van der Waals surface area (Å²) in [6, 6.07) is 12.6. The number of piperazine rings is 1. The van der Waals surface area contributed by atoms with E-state index in [9.17, 15) is 13.2 Å². The first-order valence-electron chi connectivity index (χ1n) is 9.37. The second kappa shape index (κ2) is 8.32. The fourth-order valence-electron chi connectivity index (χ4n) is 3.41. The van der Waals surface area contributed by atoms with Crippen molar-refractivity contribution in [2.75, 3.05) is 49.2 Å². The lowest BCUT2D eigenvalue weighted by Crippen LogP contribution is -2.48. The Bertz CT molecular complexity index is 947. The summed E-state index contributed by atoms with van der Waals surface area (Å²) in [5.41, 5.74) is 4.48. The molecule has 1 amide bonds. The molecule has 0 unspecified atom stereocenters. The number of hydrogen-bond acceptors (Lipinski definition) is 5. The number of rotatable bonds is 5. The van der Waals surface area contributed by atoms with Gasteiger partial charge in [0.25, 0.3) is 0 Å². The van der Waals surface area contributed by atoms with E-state index >= 15 is 0 Å². The number of aryl methyl sites for hydroxylation is 1. The molecule has 0 aromatic heterocycles. The summed E-state index contributed by atoms with van der Waals surface area (Å²) in [7, 11) is -3.23. The highest BCUT2D eigenvalue weighted by molar-refractivity contribution is 7.90. The number of anilines is 2. The minimum absolute atomic E-state index is 0.0905. The van der Waals surface area contributed by atoms with Crippen molar-refractivity contribution in [3.63, 3.8) is 0 Å². The van der Waals surface area contributed by atoms with Gasteiger partial charge in [0, 0.05) is 43.8 Å². The van der Waals surface area contributed by atoms with E-state index < -0.39 is 9.84 Å². The van der Waals surface area contributed by atoms with Gasteiger partial charge in [-0.05, 0) is 55.3 Å². The second-order valence-corrected chi connectivity index (χ2v) is 9.34. The third-order valence-electron chi connectivity index (χ3n) is 5.22. The highest BCUT2D eigenvalue weighted by Crippen LogP contribution is 2.23. The van der Waals surface area contributed by atoms with E-state index in [1.807, 2.05) is 0 Å². The molecule has 3 rings (SSSR count). The molecule has 1 heterocycles. The first-order chi connectivity index (χ1) is 13.2. The maximum atomic E-state index is 12.3. The van der Waals surface area contributed by atoms with Crippen LogP contribution in [0.1, 0.15) is 11.1 Å². The van der Waals surface area contributed by atoms with Gasteiger partial charge in [0.2, 0.25) is 5.91 Å². The Kier molecular flexibility index (Phi) is 6.05. The smallest absolute Gasteiger partial charge is 0.238 e. The summed E-state index contributed by atoms with van der Waals surface area (Å²) in [4.78, 5) is 17.1. The molecule has 2 aromatic carbocycles. The number of nitrogens with one attached hydrogen (secondary N) is 1. The van der Waals surface area contributed by atoms with Gasteiger partial charge in [-0.25, -0.2) is 8.42 Å². The van der Waals surface area contributed by atoms with Crippen LogP contribution in [0.5, 0.6) is 0 Å². The van der Waals surface area contributed by atoms with Gasteiger partial charge in [-0.15, -0.1) is 0 Å². The van der Waals surface area contributed by atoms with Crippen molar-refractivity contribution >= 4 is 27.1 Å². The van der Waals surface area contributed by atoms with Gasteiger partial charge in [0.05, 0.1) is 11.4 Å². The SMILES string of the molecule is Cc1cccc(N2CCN(CC(=O)Nc3ccc(S(C)(=O)=O)cc3)CC2)c1C. The minimum Gasteiger partial charge on any atom is -0.369 e. The zero-order valence-corrected chi connectivity index (χ0v) is 17.4. The van der Waals surface area contributed by atoms with Gasteiger partial charge < -0.3 is 10.2 Å². The number of carbonyl (C=O) groups is 1. The Morgan fingerprint density at radius 1 is 1.00 bits per heavy atom. The lowest BCUT2D eigenvalue weighted by atomic mass is 10.1. The molecule has 6 nitrogen and oxygen atoms in total. The second-order valence-electron chi connectivity index (χ2n) is 7.33. The normalized spacial score (nSPS) is 15.5. The lowest BCUT2D eigenvalue weighted by Gasteiger charge is -2.36. The highest BCUT2D eigenvalue weighted by atomic mass is 32.2. The zero-order chi connectivity index (χ0) is 20.3. The Morgan fingerprint density at radius 3 is 2.25 bits per heavy atom. The first-order valence-corrected chi connectivity index (χ1v) is 11.3. The van der Waals surface area contributed by atoms with Crippen LogP contribution in [0.4, 0.5) is 11.4 Å². The van der Waals surface area contributed by atoms with Crippen LogP contribution in [-0.4, -0.2) is 58.2 Å². The van der Waals surface area contributed by atoms with Crippen LogP contribution in [0, 0.1) is 13.8 Å². The van der Waals surface area contributed by atoms with Crippen molar-refractivity contribution < 1.29 is 13.2 Å². The average Bonchev–Trinajstić information content (AvgIpc) is 2.64. The number of sulfone groups is 1. The Hall–Kier alpha value is -2.38. The molecule has 0 atom stereocenters.